The van der Waals surface area contributed by atoms with Gasteiger partial charge in [0.2, 0.25) is 0 Å². The molecule has 0 atom stereocenters. The first kappa shape index (κ1) is 11.7. The highest BCUT2D eigenvalue weighted by atomic mass is 35.5. The van der Waals surface area contributed by atoms with Crippen LogP contribution in [-0.4, -0.2) is 11.6 Å². The predicted octanol–water partition coefficient (Wildman–Crippen LogP) is 3.35. The van der Waals surface area contributed by atoms with E-state index in [1.54, 1.807) is 0 Å². The minimum Gasteiger partial charge on any atom is -0.494 e. The van der Waals surface area contributed by atoms with Crippen LogP contribution in [0.3, 0.4) is 0 Å². The molecule has 1 heterocycles. The van der Waals surface area contributed by atoms with Crippen LogP contribution in [-0.2, 0) is 6.42 Å². The van der Waals surface area contributed by atoms with Crippen molar-refractivity contribution in [2.24, 2.45) is 0 Å². The Balaban J connectivity index is 2.52. The first-order valence-corrected chi connectivity index (χ1v) is 5.71. The monoisotopic (exact) mass is 246 g/mol. The molecule has 17 heavy (non-hydrogen) atoms. The molecule has 1 aromatic carbocycles. The highest BCUT2D eigenvalue weighted by molar-refractivity contribution is 6.30. The Kier molecular flexibility index (Phi) is 3.46. The number of pyridine rings is 1. The molecule has 0 radical (unpaired) electrons. The van der Waals surface area contributed by atoms with E-state index in [0.29, 0.717) is 11.8 Å². The molecule has 0 aliphatic rings. The lowest BCUT2D eigenvalue weighted by molar-refractivity contribution is 0.340. The van der Waals surface area contributed by atoms with Crippen molar-refractivity contribution in [2.75, 3.05) is 6.61 Å². The summed E-state index contributed by atoms with van der Waals surface area (Å²) in [4.78, 5) is 4.25. The van der Waals surface area contributed by atoms with Crippen LogP contribution >= 0.6 is 11.6 Å². The van der Waals surface area contributed by atoms with Gasteiger partial charge in [-0.3, -0.25) is 0 Å². The fraction of sp³-hybridized carbons (Fsp3) is 0.231. The lowest BCUT2D eigenvalue weighted by Crippen LogP contribution is -1.93. The molecule has 4 heteroatoms. The Bertz CT molecular complexity index is 590. The Hall–Kier alpha value is -1.79. The van der Waals surface area contributed by atoms with E-state index in [1.807, 2.05) is 31.2 Å². The average Bonchev–Trinajstić information content (AvgIpc) is 2.31. The van der Waals surface area contributed by atoms with Crippen LogP contribution in [0.25, 0.3) is 10.9 Å². The first-order valence-electron chi connectivity index (χ1n) is 5.33. The number of hydrogen-bond acceptors (Lipinski definition) is 3. The lowest BCUT2D eigenvalue weighted by Gasteiger charge is -2.06. The molecule has 0 N–H and O–H groups in total. The number of halogens is 1. The molecule has 86 valence electrons. The molecule has 2 rings (SSSR count). The smallest absolute Gasteiger partial charge is 0.134 e. The predicted molar refractivity (Wildman–Crippen MR) is 67.2 cm³/mol. The van der Waals surface area contributed by atoms with Gasteiger partial charge in [0, 0.05) is 10.9 Å². The number of ether oxygens (including phenoxy) is 1. The first-order chi connectivity index (χ1) is 8.24. The van der Waals surface area contributed by atoms with Crippen molar-refractivity contribution in [3.63, 3.8) is 0 Å². The van der Waals surface area contributed by atoms with Gasteiger partial charge in [0.15, 0.2) is 0 Å². The number of fused-ring (bicyclic) bond motifs is 1. The number of benzene rings is 1. The number of aromatic nitrogens is 1. The van der Waals surface area contributed by atoms with Crippen LogP contribution in [0.1, 0.15) is 12.5 Å². The molecule has 0 bridgehead atoms. The normalized spacial score (nSPS) is 10.2. The molecule has 0 unspecified atom stereocenters. The molecule has 0 saturated heterocycles. The summed E-state index contributed by atoms with van der Waals surface area (Å²) in [7, 11) is 0. The zero-order valence-electron chi connectivity index (χ0n) is 9.40. The topological polar surface area (TPSA) is 45.9 Å². The zero-order valence-corrected chi connectivity index (χ0v) is 10.2. The van der Waals surface area contributed by atoms with Gasteiger partial charge in [0.1, 0.15) is 10.9 Å². The van der Waals surface area contributed by atoms with Crippen molar-refractivity contribution >= 4 is 22.5 Å². The van der Waals surface area contributed by atoms with Crippen LogP contribution in [0.2, 0.25) is 5.15 Å². The van der Waals surface area contributed by atoms with E-state index in [-0.39, 0.29) is 6.42 Å². The van der Waals surface area contributed by atoms with Crippen molar-refractivity contribution in [2.45, 2.75) is 13.3 Å². The van der Waals surface area contributed by atoms with Gasteiger partial charge in [-0.2, -0.15) is 5.26 Å². The van der Waals surface area contributed by atoms with Gasteiger partial charge < -0.3 is 4.74 Å². The van der Waals surface area contributed by atoms with Gasteiger partial charge in [0.05, 0.1) is 24.6 Å². The highest BCUT2D eigenvalue weighted by Crippen LogP contribution is 2.24. The fourth-order valence-corrected chi connectivity index (χ4v) is 1.85. The lowest BCUT2D eigenvalue weighted by atomic mass is 10.1. The Morgan fingerprint density at radius 1 is 1.41 bits per heavy atom. The molecule has 2 aromatic rings. The highest BCUT2D eigenvalue weighted by Gasteiger charge is 2.05. The molecular formula is C13H11ClN2O. The maximum absolute atomic E-state index is 8.69. The summed E-state index contributed by atoms with van der Waals surface area (Å²) < 4.78 is 5.42. The second-order valence-corrected chi connectivity index (χ2v) is 3.92. The van der Waals surface area contributed by atoms with Crippen molar-refractivity contribution in [1.29, 1.82) is 5.26 Å². The molecule has 0 aliphatic heterocycles. The zero-order chi connectivity index (χ0) is 12.3. The molecule has 0 amide bonds. The summed E-state index contributed by atoms with van der Waals surface area (Å²) in [5, 5.41) is 10.0. The summed E-state index contributed by atoms with van der Waals surface area (Å²) in [5.41, 5.74) is 1.55. The summed E-state index contributed by atoms with van der Waals surface area (Å²) in [5.74, 6) is 0.798. The minimum absolute atomic E-state index is 0.265. The second kappa shape index (κ2) is 5.03. The third-order valence-corrected chi connectivity index (χ3v) is 2.72. The van der Waals surface area contributed by atoms with E-state index >= 15 is 0 Å². The molecular weight excluding hydrogens is 236 g/mol. The van der Waals surface area contributed by atoms with E-state index in [2.05, 4.69) is 11.1 Å². The van der Waals surface area contributed by atoms with E-state index < -0.39 is 0 Å². The maximum atomic E-state index is 8.69. The second-order valence-electron chi connectivity index (χ2n) is 3.56. The largest absolute Gasteiger partial charge is 0.494 e. The SMILES string of the molecule is CCOc1ccc2nc(Cl)c(CC#N)cc2c1. The Labute approximate surface area is 105 Å². The maximum Gasteiger partial charge on any atom is 0.134 e. The standard InChI is InChI=1S/C13H11ClN2O/c1-2-17-11-3-4-12-10(8-11)7-9(5-6-15)13(14)16-12/h3-4,7-8H,2,5H2,1H3. The van der Waals surface area contributed by atoms with Gasteiger partial charge in [-0.1, -0.05) is 11.6 Å². The fourth-order valence-electron chi connectivity index (χ4n) is 1.64. The van der Waals surface area contributed by atoms with Crippen molar-refractivity contribution in [3.8, 4) is 11.8 Å². The quantitative estimate of drug-likeness (QED) is 0.780. The summed E-state index contributed by atoms with van der Waals surface area (Å²) in [6, 6.07) is 9.59. The molecule has 0 saturated carbocycles. The number of rotatable bonds is 3. The van der Waals surface area contributed by atoms with Gasteiger partial charge >= 0.3 is 0 Å². The third-order valence-electron chi connectivity index (χ3n) is 2.39. The molecule has 0 spiro atoms. The van der Waals surface area contributed by atoms with E-state index in [9.17, 15) is 0 Å². The molecule has 0 aliphatic carbocycles. The molecule has 0 fully saturated rings. The Morgan fingerprint density at radius 2 is 2.24 bits per heavy atom. The molecule has 1 aromatic heterocycles. The van der Waals surface area contributed by atoms with Crippen LogP contribution in [0.15, 0.2) is 24.3 Å². The summed E-state index contributed by atoms with van der Waals surface area (Å²) in [6.45, 7) is 2.56. The van der Waals surface area contributed by atoms with E-state index in [4.69, 9.17) is 21.6 Å². The number of hydrogen-bond donors (Lipinski definition) is 0. The van der Waals surface area contributed by atoms with Crippen molar-refractivity contribution in [1.82, 2.24) is 4.98 Å². The summed E-state index contributed by atoms with van der Waals surface area (Å²) >= 11 is 5.99. The minimum atomic E-state index is 0.265. The van der Waals surface area contributed by atoms with Crippen molar-refractivity contribution in [3.05, 3.63) is 35.0 Å². The van der Waals surface area contributed by atoms with Crippen LogP contribution in [0.5, 0.6) is 5.75 Å². The Morgan fingerprint density at radius 3 is 2.94 bits per heavy atom. The van der Waals surface area contributed by atoms with Crippen molar-refractivity contribution < 1.29 is 4.74 Å². The van der Waals surface area contributed by atoms with Gasteiger partial charge in [-0.15, -0.1) is 0 Å². The summed E-state index contributed by atoms with van der Waals surface area (Å²) in [6.07, 6.45) is 0.265. The third kappa shape index (κ3) is 2.48. The van der Waals surface area contributed by atoms with Crippen LogP contribution in [0.4, 0.5) is 0 Å². The van der Waals surface area contributed by atoms with Gasteiger partial charge in [-0.25, -0.2) is 4.98 Å². The van der Waals surface area contributed by atoms with Gasteiger partial charge in [-0.05, 0) is 31.2 Å². The van der Waals surface area contributed by atoms with Crippen LogP contribution < -0.4 is 4.74 Å². The molecule has 3 nitrogen and oxygen atoms in total. The van der Waals surface area contributed by atoms with E-state index in [0.717, 1.165) is 22.2 Å². The average molecular weight is 247 g/mol. The number of nitriles is 1. The van der Waals surface area contributed by atoms with E-state index in [1.165, 1.54) is 0 Å². The van der Waals surface area contributed by atoms with Crippen LogP contribution in [0, 0.1) is 11.3 Å². The number of nitrogens with zero attached hydrogens (tertiary/aromatic N) is 2. The van der Waals surface area contributed by atoms with Gasteiger partial charge in [0.25, 0.3) is 0 Å².